The van der Waals surface area contributed by atoms with Gasteiger partial charge in [-0.2, -0.15) is 0 Å². The molecule has 0 fully saturated rings. The van der Waals surface area contributed by atoms with Gasteiger partial charge in [-0.05, 0) is 48.8 Å². The Balaban J connectivity index is 3.10. The third-order valence-electron chi connectivity index (χ3n) is 1.88. The molecule has 0 radical (unpaired) electrons. The highest BCUT2D eigenvalue weighted by molar-refractivity contribution is 9.10. The molecule has 104 valence electrons. The summed E-state index contributed by atoms with van der Waals surface area (Å²) in [4.78, 5) is 22.6. The van der Waals surface area contributed by atoms with Gasteiger partial charge in [-0.25, -0.2) is 9.59 Å². The number of benzene rings is 1. The highest BCUT2D eigenvalue weighted by Gasteiger charge is 2.25. The Kier molecular flexibility index (Phi) is 4.41. The van der Waals surface area contributed by atoms with Crippen LogP contribution in [0.4, 0.5) is 4.79 Å². The Labute approximate surface area is 118 Å². The summed E-state index contributed by atoms with van der Waals surface area (Å²) >= 11 is 3.05. The van der Waals surface area contributed by atoms with E-state index in [1.807, 2.05) is 0 Å². The van der Waals surface area contributed by atoms with Gasteiger partial charge in [-0.1, -0.05) is 0 Å². The van der Waals surface area contributed by atoms with Crippen molar-refractivity contribution in [1.29, 1.82) is 0 Å². The van der Waals surface area contributed by atoms with Crippen LogP contribution in [0.2, 0.25) is 0 Å². The fourth-order valence-corrected chi connectivity index (χ4v) is 1.62. The molecule has 1 aromatic carbocycles. The zero-order valence-electron chi connectivity index (χ0n) is 10.6. The maximum Gasteiger partial charge on any atom is 0.514 e. The number of carboxylic acid groups (broad SMARTS) is 1. The number of ether oxygens (including phenoxy) is 2. The predicted octanol–water partition coefficient (Wildman–Crippen LogP) is 3.17. The molecule has 0 saturated carbocycles. The summed E-state index contributed by atoms with van der Waals surface area (Å²) in [6, 6.07) is 2.54. The fraction of sp³-hybridized carbons (Fsp3) is 0.333. The van der Waals surface area contributed by atoms with Gasteiger partial charge < -0.3 is 19.7 Å². The quantitative estimate of drug-likeness (QED) is 0.638. The summed E-state index contributed by atoms with van der Waals surface area (Å²) in [6.07, 6.45) is -1.05. The number of aromatic carboxylic acids is 1. The highest BCUT2D eigenvalue weighted by atomic mass is 79.9. The van der Waals surface area contributed by atoms with Crippen LogP contribution in [-0.2, 0) is 4.74 Å². The van der Waals surface area contributed by atoms with Crippen LogP contribution in [0.15, 0.2) is 16.6 Å². The van der Waals surface area contributed by atoms with E-state index in [4.69, 9.17) is 14.6 Å². The largest absolute Gasteiger partial charge is 0.514 e. The molecule has 0 aliphatic heterocycles. The first-order valence-electron chi connectivity index (χ1n) is 5.27. The minimum atomic E-state index is -1.42. The minimum absolute atomic E-state index is 0.216. The second-order valence-corrected chi connectivity index (χ2v) is 5.50. The number of phenols is 1. The van der Waals surface area contributed by atoms with Crippen molar-refractivity contribution >= 4 is 28.1 Å². The van der Waals surface area contributed by atoms with E-state index in [2.05, 4.69) is 15.9 Å². The van der Waals surface area contributed by atoms with Gasteiger partial charge in [0.05, 0.1) is 4.47 Å². The number of rotatable bonds is 2. The number of halogens is 1. The van der Waals surface area contributed by atoms with Gasteiger partial charge >= 0.3 is 12.1 Å². The molecule has 0 unspecified atom stereocenters. The van der Waals surface area contributed by atoms with Gasteiger partial charge in [-0.15, -0.1) is 0 Å². The lowest BCUT2D eigenvalue weighted by atomic mass is 10.2. The van der Waals surface area contributed by atoms with E-state index in [0.29, 0.717) is 0 Å². The summed E-state index contributed by atoms with van der Waals surface area (Å²) in [7, 11) is 0. The average Bonchev–Trinajstić information content (AvgIpc) is 2.20. The summed E-state index contributed by atoms with van der Waals surface area (Å²) in [6.45, 7) is 4.93. The Hall–Kier alpha value is -1.76. The van der Waals surface area contributed by atoms with Crippen molar-refractivity contribution in [3.05, 3.63) is 22.2 Å². The van der Waals surface area contributed by atoms with E-state index >= 15 is 0 Å². The zero-order chi connectivity index (χ0) is 14.8. The molecule has 1 rings (SSSR count). The van der Waals surface area contributed by atoms with Gasteiger partial charge in [0.25, 0.3) is 0 Å². The van der Waals surface area contributed by atoms with Crippen LogP contribution in [0.25, 0.3) is 0 Å². The van der Waals surface area contributed by atoms with Crippen LogP contribution < -0.4 is 4.74 Å². The molecule has 0 heterocycles. The van der Waals surface area contributed by atoms with E-state index in [9.17, 15) is 14.7 Å². The van der Waals surface area contributed by atoms with Crippen molar-refractivity contribution in [3.8, 4) is 11.5 Å². The highest BCUT2D eigenvalue weighted by Crippen LogP contribution is 2.35. The molecule has 0 aliphatic rings. The summed E-state index contributed by atoms with van der Waals surface area (Å²) in [5.74, 6) is -2.23. The zero-order valence-corrected chi connectivity index (χ0v) is 12.1. The number of aromatic hydroxyl groups is 1. The van der Waals surface area contributed by atoms with Crippen molar-refractivity contribution in [3.63, 3.8) is 0 Å². The smallest absolute Gasteiger partial charge is 0.507 e. The van der Waals surface area contributed by atoms with E-state index < -0.39 is 29.0 Å². The molecular weight excluding hydrogens is 320 g/mol. The van der Waals surface area contributed by atoms with E-state index in [1.165, 1.54) is 12.1 Å². The first-order valence-corrected chi connectivity index (χ1v) is 6.06. The third-order valence-corrected chi connectivity index (χ3v) is 2.50. The molecule has 0 bridgehead atoms. The molecule has 7 heteroatoms. The molecule has 0 atom stereocenters. The van der Waals surface area contributed by atoms with E-state index in [1.54, 1.807) is 20.8 Å². The number of carbonyl (C=O) groups is 2. The average molecular weight is 333 g/mol. The van der Waals surface area contributed by atoms with Gasteiger partial charge in [-0.3, -0.25) is 0 Å². The van der Waals surface area contributed by atoms with Crippen LogP contribution in [0.3, 0.4) is 0 Å². The van der Waals surface area contributed by atoms with Crippen LogP contribution in [-0.4, -0.2) is 27.9 Å². The van der Waals surface area contributed by atoms with Crippen molar-refractivity contribution in [2.45, 2.75) is 26.4 Å². The lowest BCUT2D eigenvalue weighted by molar-refractivity contribution is 0.0202. The minimum Gasteiger partial charge on any atom is -0.507 e. The number of hydrogen-bond acceptors (Lipinski definition) is 5. The van der Waals surface area contributed by atoms with Crippen LogP contribution >= 0.6 is 15.9 Å². The van der Waals surface area contributed by atoms with Gasteiger partial charge in [0, 0.05) is 0 Å². The van der Waals surface area contributed by atoms with Crippen molar-refractivity contribution in [2.24, 2.45) is 0 Å². The van der Waals surface area contributed by atoms with Crippen LogP contribution in [0, 0.1) is 0 Å². The Morgan fingerprint density at radius 1 is 1.26 bits per heavy atom. The number of carboxylic acids is 1. The van der Waals surface area contributed by atoms with Gasteiger partial charge in [0.1, 0.15) is 16.9 Å². The molecule has 19 heavy (non-hydrogen) atoms. The van der Waals surface area contributed by atoms with Crippen molar-refractivity contribution in [2.75, 3.05) is 0 Å². The molecule has 0 spiro atoms. The van der Waals surface area contributed by atoms with Gasteiger partial charge in [0.15, 0.2) is 5.75 Å². The molecule has 0 aromatic heterocycles. The maximum atomic E-state index is 11.5. The Morgan fingerprint density at radius 3 is 2.32 bits per heavy atom. The molecule has 0 amide bonds. The molecular formula is C12H13BrO6. The normalized spacial score (nSPS) is 10.9. The Morgan fingerprint density at radius 2 is 1.84 bits per heavy atom. The summed E-state index contributed by atoms with van der Waals surface area (Å²) < 4.78 is 9.98. The molecule has 0 aliphatic carbocycles. The predicted molar refractivity (Wildman–Crippen MR) is 69.6 cm³/mol. The van der Waals surface area contributed by atoms with Gasteiger partial charge in [0.2, 0.25) is 0 Å². The Bertz CT molecular complexity index is 518. The summed E-state index contributed by atoms with van der Waals surface area (Å²) in [5, 5.41) is 18.5. The molecule has 6 nitrogen and oxygen atoms in total. The lowest BCUT2D eigenvalue weighted by Gasteiger charge is -2.19. The topological polar surface area (TPSA) is 93.1 Å². The van der Waals surface area contributed by atoms with Crippen molar-refractivity contribution in [1.82, 2.24) is 0 Å². The van der Waals surface area contributed by atoms with Crippen LogP contribution in [0.5, 0.6) is 11.5 Å². The van der Waals surface area contributed by atoms with E-state index in [-0.39, 0.29) is 10.2 Å². The maximum absolute atomic E-state index is 11.5. The number of hydrogen-bond donors (Lipinski definition) is 2. The SMILES string of the molecule is CC(C)(C)OC(=O)Oc1c(Br)ccc(O)c1C(=O)O. The molecule has 1 aromatic rings. The standard InChI is InChI=1S/C12H13BrO6/c1-12(2,3)19-11(17)18-9-6(13)4-5-7(14)8(9)10(15)16/h4-5,14H,1-3H3,(H,15,16). The summed E-state index contributed by atoms with van der Waals surface area (Å²) in [5.41, 5.74) is -1.29. The lowest BCUT2D eigenvalue weighted by Crippen LogP contribution is -2.26. The van der Waals surface area contributed by atoms with Crippen molar-refractivity contribution < 1.29 is 29.3 Å². The molecule has 0 saturated heterocycles. The first kappa shape index (κ1) is 15.3. The second kappa shape index (κ2) is 5.48. The number of carbonyl (C=O) groups excluding carboxylic acids is 1. The first-order chi connectivity index (χ1) is 8.61. The monoisotopic (exact) mass is 332 g/mol. The fourth-order valence-electron chi connectivity index (χ4n) is 1.21. The van der Waals surface area contributed by atoms with Crippen LogP contribution in [0.1, 0.15) is 31.1 Å². The van der Waals surface area contributed by atoms with E-state index in [0.717, 1.165) is 0 Å². The second-order valence-electron chi connectivity index (χ2n) is 4.64. The third kappa shape index (κ3) is 4.13. The molecule has 2 N–H and O–H groups in total.